The van der Waals surface area contributed by atoms with E-state index in [2.05, 4.69) is 10.1 Å². The number of hydrogen-bond donors (Lipinski definition) is 0. The van der Waals surface area contributed by atoms with Crippen molar-refractivity contribution in [1.29, 1.82) is 0 Å². The van der Waals surface area contributed by atoms with Crippen LogP contribution in [0.1, 0.15) is 37.8 Å². The number of fused-ring (bicyclic) bond motifs is 1. The minimum Gasteiger partial charge on any atom is -0.451 e. The first-order valence-electron chi connectivity index (χ1n) is 10.8. The van der Waals surface area contributed by atoms with E-state index in [4.69, 9.17) is 8.94 Å². The van der Waals surface area contributed by atoms with Gasteiger partial charge in [-0.15, -0.1) is 0 Å². The third-order valence-electron chi connectivity index (χ3n) is 5.56. The van der Waals surface area contributed by atoms with Crippen molar-refractivity contribution in [3.8, 4) is 23.0 Å². The summed E-state index contributed by atoms with van der Waals surface area (Å²) in [6, 6.07) is 12.8. The summed E-state index contributed by atoms with van der Waals surface area (Å²) < 4.78 is 39.2. The van der Waals surface area contributed by atoms with Gasteiger partial charge in [0.25, 0.3) is 5.89 Å². The summed E-state index contributed by atoms with van der Waals surface area (Å²) in [5.74, 6) is 1.18. The van der Waals surface area contributed by atoms with Crippen LogP contribution in [0.2, 0.25) is 0 Å². The average molecular weight is 454 g/mol. The number of sulfonamides is 1. The Morgan fingerprint density at radius 2 is 1.88 bits per heavy atom. The Bertz CT molecular complexity index is 1350. The Labute approximate surface area is 188 Å². The fourth-order valence-corrected chi connectivity index (χ4v) is 5.23. The van der Waals surface area contributed by atoms with Crippen LogP contribution < -0.4 is 0 Å². The lowest BCUT2D eigenvalue weighted by Crippen LogP contribution is -2.31. The van der Waals surface area contributed by atoms with Gasteiger partial charge in [0.1, 0.15) is 5.58 Å². The third kappa shape index (κ3) is 4.08. The number of nitrogens with zero attached hydrogens (tertiary/aromatic N) is 3. The fraction of sp³-hybridized carbons (Fsp3) is 0.333. The van der Waals surface area contributed by atoms with Gasteiger partial charge in [0, 0.05) is 29.6 Å². The van der Waals surface area contributed by atoms with Gasteiger partial charge in [0.15, 0.2) is 5.76 Å². The summed E-state index contributed by atoms with van der Waals surface area (Å²) in [5, 5.41) is 4.80. The molecule has 2 aromatic heterocycles. The Balaban J connectivity index is 1.71. The Hall–Kier alpha value is -2.97. The fourth-order valence-electron chi connectivity index (χ4n) is 3.71. The van der Waals surface area contributed by atoms with Crippen molar-refractivity contribution in [3.63, 3.8) is 0 Å². The number of hydrogen-bond acceptors (Lipinski definition) is 6. The molecule has 0 aliphatic heterocycles. The molecule has 0 saturated carbocycles. The second-order valence-corrected chi connectivity index (χ2v) is 9.79. The number of unbranched alkanes of at least 4 members (excludes halogenated alkanes) is 1. The van der Waals surface area contributed by atoms with Crippen LogP contribution in [0, 0.1) is 13.8 Å². The van der Waals surface area contributed by atoms with Gasteiger partial charge in [0.05, 0.1) is 4.90 Å². The second-order valence-electron chi connectivity index (χ2n) is 7.86. The molecular weight excluding hydrogens is 426 g/mol. The molecule has 0 saturated heterocycles. The molecule has 0 fully saturated rings. The number of furan rings is 1. The maximum absolute atomic E-state index is 13.1. The van der Waals surface area contributed by atoms with Gasteiger partial charge >= 0.3 is 0 Å². The lowest BCUT2D eigenvalue weighted by atomic mass is 10.1. The summed E-state index contributed by atoms with van der Waals surface area (Å²) in [6.07, 6.45) is 1.76. The molecule has 0 bridgehead atoms. The van der Waals surface area contributed by atoms with Gasteiger partial charge in [-0.05, 0) is 44.5 Å². The third-order valence-corrected chi connectivity index (χ3v) is 7.53. The molecule has 0 unspecified atom stereocenters. The number of aromatic nitrogens is 2. The van der Waals surface area contributed by atoms with E-state index in [-0.39, 0.29) is 10.8 Å². The van der Waals surface area contributed by atoms with Crippen molar-refractivity contribution >= 4 is 21.0 Å². The van der Waals surface area contributed by atoms with Gasteiger partial charge in [-0.25, -0.2) is 8.42 Å². The summed E-state index contributed by atoms with van der Waals surface area (Å²) in [6.45, 7) is 8.70. The van der Waals surface area contributed by atoms with Crippen molar-refractivity contribution in [2.75, 3.05) is 13.1 Å². The van der Waals surface area contributed by atoms with Crippen LogP contribution in [-0.4, -0.2) is 36.0 Å². The number of benzene rings is 2. The molecule has 4 rings (SSSR count). The predicted molar refractivity (Wildman–Crippen MR) is 124 cm³/mol. The van der Waals surface area contributed by atoms with Crippen molar-refractivity contribution in [2.45, 2.75) is 45.4 Å². The zero-order chi connectivity index (χ0) is 22.9. The Morgan fingerprint density at radius 1 is 1.06 bits per heavy atom. The molecule has 0 amide bonds. The topological polar surface area (TPSA) is 89.4 Å². The predicted octanol–water partition coefficient (Wildman–Crippen LogP) is 5.58. The van der Waals surface area contributed by atoms with Crippen LogP contribution >= 0.6 is 0 Å². The van der Waals surface area contributed by atoms with Crippen LogP contribution in [0.4, 0.5) is 0 Å². The summed E-state index contributed by atoms with van der Waals surface area (Å²) in [5.41, 5.74) is 3.29. The molecule has 4 aromatic rings. The molecule has 0 spiro atoms. The van der Waals surface area contributed by atoms with E-state index in [1.54, 1.807) is 18.2 Å². The molecule has 0 radical (unpaired) electrons. The minimum absolute atomic E-state index is 0.254. The van der Waals surface area contributed by atoms with E-state index in [0.717, 1.165) is 29.5 Å². The van der Waals surface area contributed by atoms with Crippen LogP contribution in [0.15, 0.2) is 56.3 Å². The highest BCUT2D eigenvalue weighted by Gasteiger charge is 2.25. The van der Waals surface area contributed by atoms with E-state index < -0.39 is 10.0 Å². The maximum atomic E-state index is 13.1. The summed E-state index contributed by atoms with van der Waals surface area (Å²) in [7, 11) is -3.58. The van der Waals surface area contributed by atoms with Gasteiger partial charge in [-0.2, -0.15) is 9.29 Å². The first-order chi connectivity index (χ1) is 15.3. The van der Waals surface area contributed by atoms with Gasteiger partial charge in [-0.3, -0.25) is 0 Å². The summed E-state index contributed by atoms with van der Waals surface area (Å²) >= 11 is 0. The number of rotatable bonds is 8. The van der Waals surface area contributed by atoms with Crippen molar-refractivity contribution in [1.82, 2.24) is 14.4 Å². The van der Waals surface area contributed by atoms with E-state index in [0.29, 0.717) is 35.6 Å². The lowest BCUT2D eigenvalue weighted by Gasteiger charge is -2.20. The molecule has 7 nitrogen and oxygen atoms in total. The molecular formula is C24H27N3O4S. The maximum Gasteiger partial charge on any atom is 0.294 e. The molecule has 0 N–H and O–H groups in total. The zero-order valence-electron chi connectivity index (χ0n) is 18.8. The van der Waals surface area contributed by atoms with Gasteiger partial charge in [0.2, 0.25) is 15.8 Å². The van der Waals surface area contributed by atoms with E-state index in [1.165, 1.54) is 4.31 Å². The van der Waals surface area contributed by atoms with Gasteiger partial charge < -0.3 is 8.94 Å². The van der Waals surface area contributed by atoms with Crippen LogP contribution in [-0.2, 0) is 10.0 Å². The monoisotopic (exact) mass is 453 g/mol. The van der Waals surface area contributed by atoms with Crippen LogP contribution in [0.3, 0.4) is 0 Å². The Kier molecular flexibility index (Phi) is 6.17. The normalized spacial score (nSPS) is 12.2. The first-order valence-corrected chi connectivity index (χ1v) is 12.2. The highest BCUT2D eigenvalue weighted by molar-refractivity contribution is 7.89. The van der Waals surface area contributed by atoms with Gasteiger partial charge in [-0.1, -0.05) is 49.2 Å². The molecule has 2 heterocycles. The quantitative estimate of drug-likeness (QED) is 0.346. The molecule has 2 aromatic carbocycles. The highest BCUT2D eigenvalue weighted by Crippen LogP contribution is 2.34. The smallest absolute Gasteiger partial charge is 0.294 e. The molecule has 0 aliphatic carbocycles. The Morgan fingerprint density at radius 3 is 2.59 bits per heavy atom. The molecule has 0 atom stereocenters. The van der Waals surface area contributed by atoms with Crippen molar-refractivity contribution in [2.24, 2.45) is 0 Å². The second kappa shape index (κ2) is 8.88. The van der Waals surface area contributed by atoms with Crippen molar-refractivity contribution in [3.05, 3.63) is 53.6 Å². The molecule has 32 heavy (non-hydrogen) atoms. The minimum atomic E-state index is -3.58. The molecule has 168 valence electrons. The lowest BCUT2D eigenvalue weighted by molar-refractivity contribution is 0.418. The number of aryl methyl sites for hydroxylation is 2. The van der Waals surface area contributed by atoms with E-state index >= 15 is 0 Å². The highest BCUT2D eigenvalue weighted by atomic mass is 32.2. The van der Waals surface area contributed by atoms with E-state index in [1.807, 2.05) is 52.0 Å². The molecule has 8 heteroatoms. The van der Waals surface area contributed by atoms with E-state index in [9.17, 15) is 8.42 Å². The zero-order valence-corrected chi connectivity index (χ0v) is 19.6. The van der Waals surface area contributed by atoms with Crippen LogP contribution in [0.25, 0.3) is 34.0 Å². The average Bonchev–Trinajstić information content (AvgIpc) is 3.39. The first kappa shape index (κ1) is 22.2. The van der Waals surface area contributed by atoms with Crippen LogP contribution in [0.5, 0.6) is 0 Å². The SMILES string of the molecule is CCCCN(CC)S(=O)(=O)c1ccc2oc(-c3nc(-c4cccc(C)c4)no3)c(C)c2c1. The standard InChI is InChI=1S/C24H27N3O4S/c1-5-7-13-27(6-2)32(28,29)19-11-12-21-20(15-19)17(4)22(30-21)24-25-23(26-31-24)18-10-8-9-16(3)14-18/h8-12,14-15H,5-7,13H2,1-4H3. The largest absolute Gasteiger partial charge is 0.451 e. The summed E-state index contributed by atoms with van der Waals surface area (Å²) in [4.78, 5) is 4.75. The van der Waals surface area contributed by atoms with Crippen molar-refractivity contribution < 1.29 is 17.4 Å². The molecule has 0 aliphatic rings.